The fourth-order valence-electron chi connectivity index (χ4n) is 1.53. The minimum atomic E-state index is -0.755. The molecule has 0 saturated carbocycles. The topological polar surface area (TPSA) is 63.0 Å². The SMILES string of the molecule is Cc1nc(-c2ccccc2)sc1C(=O)OC(C)C#N. The second-order valence-corrected chi connectivity index (χ2v) is 4.98. The number of hydrogen-bond acceptors (Lipinski definition) is 5. The van der Waals surface area contributed by atoms with E-state index in [-0.39, 0.29) is 0 Å². The molecule has 1 unspecified atom stereocenters. The minimum Gasteiger partial charge on any atom is -0.443 e. The molecule has 1 aromatic heterocycles. The molecule has 0 N–H and O–H groups in total. The highest BCUT2D eigenvalue weighted by Gasteiger charge is 2.19. The van der Waals surface area contributed by atoms with Gasteiger partial charge in [0.1, 0.15) is 16.0 Å². The first-order chi connectivity index (χ1) is 9.11. The lowest BCUT2D eigenvalue weighted by molar-refractivity contribution is 0.0440. The van der Waals surface area contributed by atoms with Crippen molar-refractivity contribution < 1.29 is 9.53 Å². The second-order valence-electron chi connectivity index (χ2n) is 3.98. The van der Waals surface area contributed by atoms with Gasteiger partial charge in [-0.3, -0.25) is 0 Å². The number of esters is 1. The molecule has 1 atom stereocenters. The average molecular weight is 272 g/mol. The smallest absolute Gasteiger partial charge is 0.351 e. The summed E-state index contributed by atoms with van der Waals surface area (Å²) < 4.78 is 4.99. The molecule has 0 bridgehead atoms. The van der Waals surface area contributed by atoms with E-state index < -0.39 is 12.1 Å². The van der Waals surface area contributed by atoms with Crippen molar-refractivity contribution in [1.82, 2.24) is 4.98 Å². The molecule has 1 aromatic carbocycles. The number of aromatic nitrogens is 1. The molecule has 0 amide bonds. The summed E-state index contributed by atoms with van der Waals surface area (Å²) in [5.74, 6) is -0.494. The van der Waals surface area contributed by atoms with E-state index in [1.54, 1.807) is 6.92 Å². The maximum absolute atomic E-state index is 11.9. The zero-order valence-corrected chi connectivity index (χ0v) is 11.4. The van der Waals surface area contributed by atoms with Gasteiger partial charge in [-0.2, -0.15) is 5.26 Å². The van der Waals surface area contributed by atoms with Gasteiger partial charge in [0.05, 0.1) is 5.69 Å². The number of carbonyl (C=O) groups excluding carboxylic acids is 1. The first-order valence-electron chi connectivity index (χ1n) is 5.75. The Labute approximate surface area is 115 Å². The average Bonchev–Trinajstić information content (AvgIpc) is 2.81. The van der Waals surface area contributed by atoms with Crippen LogP contribution in [0.2, 0.25) is 0 Å². The van der Waals surface area contributed by atoms with Crippen molar-refractivity contribution in [3.05, 3.63) is 40.9 Å². The van der Waals surface area contributed by atoms with Crippen LogP contribution < -0.4 is 0 Å². The summed E-state index contributed by atoms with van der Waals surface area (Å²) in [6.07, 6.45) is -0.755. The molecule has 96 valence electrons. The van der Waals surface area contributed by atoms with Crippen molar-refractivity contribution in [3.63, 3.8) is 0 Å². The number of nitrogens with zero attached hydrogens (tertiary/aromatic N) is 2. The van der Waals surface area contributed by atoms with Crippen LogP contribution in [0.3, 0.4) is 0 Å². The van der Waals surface area contributed by atoms with Gasteiger partial charge in [0.15, 0.2) is 6.10 Å². The van der Waals surface area contributed by atoms with Crippen LogP contribution in [0.15, 0.2) is 30.3 Å². The number of aryl methyl sites for hydroxylation is 1. The summed E-state index contributed by atoms with van der Waals surface area (Å²) in [5, 5.41) is 9.42. The predicted octanol–water partition coefficient (Wildman–Crippen LogP) is 3.19. The van der Waals surface area contributed by atoms with Gasteiger partial charge in [0.2, 0.25) is 0 Å². The molecule has 0 aliphatic heterocycles. The number of benzene rings is 1. The highest BCUT2D eigenvalue weighted by Crippen LogP contribution is 2.28. The van der Waals surface area contributed by atoms with Crippen LogP contribution in [0.1, 0.15) is 22.3 Å². The summed E-state index contributed by atoms with van der Waals surface area (Å²) in [6, 6.07) is 11.5. The van der Waals surface area contributed by atoms with Crippen LogP contribution in [-0.4, -0.2) is 17.1 Å². The van der Waals surface area contributed by atoms with Gasteiger partial charge in [-0.1, -0.05) is 30.3 Å². The van der Waals surface area contributed by atoms with E-state index >= 15 is 0 Å². The third-order valence-electron chi connectivity index (χ3n) is 2.47. The van der Waals surface area contributed by atoms with Gasteiger partial charge in [0, 0.05) is 5.56 Å². The van der Waals surface area contributed by atoms with Gasteiger partial charge < -0.3 is 4.74 Å². The monoisotopic (exact) mass is 272 g/mol. The Kier molecular flexibility index (Phi) is 3.93. The first-order valence-corrected chi connectivity index (χ1v) is 6.57. The second kappa shape index (κ2) is 5.63. The van der Waals surface area contributed by atoms with E-state index in [4.69, 9.17) is 10.00 Å². The minimum absolute atomic E-state index is 0.445. The van der Waals surface area contributed by atoms with Crippen LogP contribution >= 0.6 is 11.3 Å². The lowest BCUT2D eigenvalue weighted by Crippen LogP contribution is -2.12. The van der Waals surface area contributed by atoms with E-state index in [1.165, 1.54) is 18.3 Å². The molecule has 0 radical (unpaired) electrons. The summed E-state index contributed by atoms with van der Waals surface area (Å²) in [6.45, 7) is 3.29. The standard InChI is InChI=1S/C14H12N2O2S/c1-9(8-15)18-14(17)12-10(2)16-13(19-12)11-6-4-3-5-7-11/h3-7,9H,1-2H3. The zero-order chi connectivity index (χ0) is 13.8. The van der Waals surface area contributed by atoms with Gasteiger partial charge in [-0.05, 0) is 13.8 Å². The highest BCUT2D eigenvalue weighted by atomic mass is 32.1. The third kappa shape index (κ3) is 2.98. The maximum Gasteiger partial charge on any atom is 0.351 e. The Morgan fingerprint density at radius 1 is 1.42 bits per heavy atom. The largest absolute Gasteiger partial charge is 0.443 e. The number of hydrogen-bond donors (Lipinski definition) is 0. The number of nitriles is 1. The van der Waals surface area contributed by atoms with Crippen molar-refractivity contribution in [2.24, 2.45) is 0 Å². The Morgan fingerprint density at radius 2 is 2.11 bits per heavy atom. The van der Waals surface area contributed by atoms with Crippen molar-refractivity contribution >= 4 is 17.3 Å². The molecule has 2 aromatic rings. The Balaban J connectivity index is 2.27. The molecule has 4 nitrogen and oxygen atoms in total. The molecular formula is C14H12N2O2S. The molecule has 19 heavy (non-hydrogen) atoms. The van der Waals surface area contributed by atoms with Crippen molar-refractivity contribution in [2.45, 2.75) is 20.0 Å². The predicted molar refractivity (Wildman–Crippen MR) is 72.8 cm³/mol. The van der Waals surface area contributed by atoms with E-state index in [1.807, 2.05) is 36.4 Å². The van der Waals surface area contributed by atoms with Gasteiger partial charge in [0.25, 0.3) is 0 Å². The van der Waals surface area contributed by atoms with Gasteiger partial charge in [-0.25, -0.2) is 9.78 Å². The van der Waals surface area contributed by atoms with Gasteiger partial charge in [-0.15, -0.1) is 11.3 Å². The summed E-state index contributed by atoms with van der Waals surface area (Å²) in [7, 11) is 0. The Morgan fingerprint density at radius 3 is 2.74 bits per heavy atom. The third-order valence-corrected chi connectivity index (χ3v) is 3.65. The van der Waals surface area contributed by atoms with Crippen molar-refractivity contribution in [3.8, 4) is 16.6 Å². The fraction of sp³-hybridized carbons (Fsp3) is 0.214. The summed E-state index contributed by atoms with van der Waals surface area (Å²) in [5.41, 5.74) is 1.59. The van der Waals surface area contributed by atoms with Crippen LogP contribution in [0.4, 0.5) is 0 Å². The first kappa shape index (κ1) is 13.2. The fourth-order valence-corrected chi connectivity index (χ4v) is 2.49. The van der Waals surface area contributed by atoms with Crippen LogP contribution in [-0.2, 0) is 4.74 Å². The molecule has 2 rings (SSSR count). The molecule has 0 aliphatic rings. The number of thiazole rings is 1. The molecular weight excluding hydrogens is 260 g/mol. The molecule has 5 heteroatoms. The Hall–Kier alpha value is -2.19. The van der Waals surface area contributed by atoms with Crippen LogP contribution in [0.25, 0.3) is 10.6 Å². The molecule has 0 saturated heterocycles. The zero-order valence-electron chi connectivity index (χ0n) is 10.6. The normalized spacial score (nSPS) is 11.6. The van der Waals surface area contributed by atoms with Crippen molar-refractivity contribution in [2.75, 3.05) is 0 Å². The number of ether oxygens (including phenoxy) is 1. The Bertz CT molecular complexity index is 629. The molecule has 0 aliphatic carbocycles. The number of carbonyl (C=O) groups is 1. The van der Waals surface area contributed by atoms with Crippen LogP contribution in [0.5, 0.6) is 0 Å². The molecule has 1 heterocycles. The lowest BCUT2D eigenvalue weighted by Gasteiger charge is -2.03. The van der Waals surface area contributed by atoms with E-state index in [9.17, 15) is 4.79 Å². The highest BCUT2D eigenvalue weighted by molar-refractivity contribution is 7.17. The van der Waals surface area contributed by atoms with Crippen LogP contribution in [0, 0.1) is 18.3 Å². The summed E-state index contributed by atoms with van der Waals surface area (Å²) >= 11 is 1.28. The quantitative estimate of drug-likeness (QED) is 0.805. The molecule has 0 spiro atoms. The lowest BCUT2D eigenvalue weighted by atomic mass is 10.2. The van der Waals surface area contributed by atoms with E-state index in [0.717, 1.165) is 10.6 Å². The van der Waals surface area contributed by atoms with E-state index in [0.29, 0.717) is 10.6 Å². The van der Waals surface area contributed by atoms with Gasteiger partial charge >= 0.3 is 5.97 Å². The van der Waals surface area contributed by atoms with Crippen molar-refractivity contribution in [1.29, 1.82) is 5.26 Å². The summed E-state index contributed by atoms with van der Waals surface area (Å²) in [4.78, 5) is 16.7. The maximum atomic E-state index is 11.9. The number of rotatable bonds is 3. The van der Waals surface area contributed by atoms with E-state index in [2.05, 4.69) is 4.98 Å². The molecule has 0 fully saturated rings.